The zero-order valence-electron chi connectivity index (χ0n) is 28.5. The summed E-state index contributed by atoms with van der Waals surface area (Å²) in [4.78, 5) is 54.6. The minimum atomic E-state index is -2.09. The second kappa shape index (κ2) is 13.4. The predicted octanol–water partition coefficient (Wildman–Crippen LogP) is 6.08. The van der Waals surface area contributed by atoms with Crippen molar-refractivity contribution in [3.05, 3.63) is 70.2 Å². The highest BCUT2D eigenvalue weighted by atomic mass is 28.4. The van der Waals surface area contributed by atoms with Gasteiger partial charge in [0.15, 0.2) is 8.32 Å². The molecule has 0 spiro atoms. The van der Waals surface area contributed by atoms with Gasteiger partial charge in [-0.1, -0.05) is 39.0 Å². The molecule has 1 unspecified atom stereocenters. The molecule has 1 aliphatic heterocycles. The second-order valence-electron chi connectivity index (χ2n) is 14.2. The molecule has 0 bridgehead atoms. The number of imidazole rings is 1. The number of piperidine rings is 1. The smallest absolute Gasteiger partial charge is 0.331 e. The molecule has 4 rings (SSSR count). The van der Waals surface area contributed by atoms with Crippen molar-refractivity contribution in [2.24, 2.45) is 0 Å². The monoisotopic (exact) mass is 649 g/mol. The van der Waals surface area contributed by atoms with Crippen LogP contribution in [0, 0.1) is 0 Å². The average molecular weight is 650 g/mol. The highest BCUT2D eigenvalue weighted by molar-refractivity contribution is 6.74. The average Bonchev–Trinajstić information content (AvgIpc) is 3.23. The van der Waals surface area contributed by atoms with Crippen LogP contribution in [0.2, 0.25) is 18.1 Å². The van der Waals surface area contributed by atoms with Crippen LogP contribution < -0.4 is 10.4 Å². The van der Waals surface area contributed by atoms with E-state index in [9.17, 15) is 19.2 Å². The Bertz CT molecular complexity index is 1690. The molecule has 2 aromatic carbocycles. The maximum atomic E-state index is 14.2. The predicted molar refractivity (Wildman–Crippen MR) is 181 cm³/mol. The maximum absolute atomic E-state index is 14.2. The highest BCUT2D eigenvalue weighted by Gasteiger charge is 2.39. The van der Waals surface area contributed by atoms with E-state index < -0.39 is 31.8 Å². The quantitative estimate of drug-likeness (QED) is 0.113. The van der Waals surface area contributed by atoms with Gasteiger partial charge in [-0.25, -0.2) is 9.59 Å². The number of methoxy groups -OCH3 is 1. The number of ether oxygens (including phenoxy) is 2. The van der Waals surface area contributed by atoms with E-state index in [2.05, 4.69) is 33.9 Å². The van der Waals surface area contributed by atoms with Gasteiger partial charge in [0.2, 0.25) is 5.91 Å². The molecule has 46 heavy (non-hydrogen) atoms. The van der Waals surface area contributed by atoms with Crippen LogP contribution in [-0.2, 0) is 36.6 Å². The number of hydrogen-bond acceptors (Lipinski definition) is 7. The van der Waals surface area contributed by atoms with Crippen molar-refractivity contribution in [3.8, 4) is 5.75 Å². The van der Waals surface area contributed by atoms with Gasteiger partial charge in [0.1, 0.15) is 17.4 Å². The molecule has 3 aromatic rings. The molecule has 0 radical (unpaired) electrons. The number of imide groups is 1. The fourth-order valence-corrected chi connectivity index (χ4v) is 6.20. The van der Waals surface area contributed by atoms with Crippen molar-refractivity contribution in [1.82, 2.24) is 14.0 Å². The first-order valence-corrected chi connectivity index (χ1v) is 18.6. The number of likely N-dealkylation sites (tertiary alicyclic amines) is 1. The maximum Gasteiger partial charge on any atom is 0.331 e. The third-order valence-corrected chi connectivity index (χ3v) is 13.2. The summed E-state index contributed by atoms with van der Waals surface area (Å²) in [5.41, 5.74) is 1.69. The van der Waals surface area contributed by atoms with Gasteiger partial charge < -0.3 is 13.9 Å². The molecule has 0 N–H and O–H groups in total. The molecule has 1 atom stereocenters. The minimum absolute atomic E-state index is 0.0000140. The van der Waals surface area contributed by atoms with Gasteiger partial charge in [0.25, 0.3) is 5.91 Å². The van der Waals surface area contributed by atoms with Crippen LogP contribution in [0.25, 0.3) is 17.1 Å². The number of amides is 2. The van der Waals surface area contributed by atoms with Crippen molar-refractivity contribution < 1.29 is 28.3 Å². The zero-order chi connectivity index (χ0) is 34.0. The van der Waals surface area contributed by atoms with Crippen molar-refractivity contribution in [2.45, 2.75) is 97.2 Å². The molecule has 10 nitrogen and oxygen atoms in total. The first-order valence-electron chi connectivity index (χ1n) is 15.7. The Morgan fingerprint density at radius 2 is 1.65 bits per heavy atom. The minimum Gasteiger partial charge on any atom is -0.497 e. The van der Waals surface area contributed by atoms with Crippen LogP contribution in [0.15, 0.2) is 53.3 Å². The van der Waals surface area contributed by atoms with Crippen LogP contribution in [0.3, 0.4) is 0 Å². The molecule has 1 aliphatic rings. The number of rotatable bonds is 10. The zero-order valence-corrected chi connectivity index (χ0v) is 29.5. The van der Waals surface area contributed by atoms with Gasteiger partial charge in [-0.15, -0.1) is 0 Å². The topological polar surface area (TPSA) is 109 Å². The van der Waals surface area contributed by atoms with Crippen molar-refractivity contribution in [2.75, 3.05) is 13.7 Å². The van der Waals surface area contributed by atoms with E-state index in [1.54, 1.807) is 62.8 Å². The number of aromatic nitrogens is 2. The molecular formula is C35H47N3O7Si. The van der Waals surface area contributed by atoms with E-state index in [0.717, 1.165) is 5.56 Å². The molecule has 1 fully saturated rings. The number of hydrogen-bond donors (Lipinski definition) is 0. The van der Waals surface area contributed by atoms with E-state index in [-0.39, 0.29) is 42.6 Å². The standard InChI is InChI=1S/C35H47N3O7Si/c1-34(2,3)45-31(40)19-13-24-12-16-27-29(22-24)36(20-21-44-46(8,9)35(4,5)6)33(42)38(27)28-17-18-30(39)37(32(28)41)23-25-10-14-26(43-7)15-11-25/h10-16,19,22,28H,17-18,20-21,23H2,1-9H3/b19-13+. The van der Waals surface area contributed by atoms with Gasteiger partial charge in [-0.3, -0.25) is 23.6 Å². The summed E-state index contributed by atoms with van der Waals surface area (Å²) < 4.78 is 20.2. The molecule has 2 amide bonds. The van der Waals surface area contributed by atoms with Crippen LogP contribution in [0.1, 0.15) is 71.6 Å². The SMILES string of the molecule is COc1ccc(CN2C(=O)CCC(n3c(=O)n(CCO[Si](C)(C)C(C)(C)C)c4cc(/C=C/C(=O)OC(C)(C)C)ccc43)C2=O)cc1. The molecule has 0 saturated carbocycles. The summed E-state index contributed by atoms with van der Waals surface area (Å²) in [6.07, 6.45) is 3.36. The fourth-order valence-electron chi connectivity index (χ4n) is 5.17. The van der Waals surface area contributed by atoms with Crippen LogP contribution in [-0.4, -0.2) is 59.5 Å². The lowest BCUT2D eigenvalue weighted by atomic mass is 10.0. The van der Waals surface area contributed by atoms with Crippen LogP contribution in [0.4, 0.5) is 0 Å². The van der Waals surface area contributed by atoms with Crippen LogP contribution >= 0.6 is 0 Å². The second-order valence-corrected chi connectivity index (χ2v) is 19.1. The first kappa shape index (κ1) is 34.9. The third kappa shape index (κ3) is 7.87. The molecule has 0 aliphatic carbocycles. The van der Waals surface area contributed by atoms with Gasteiger partial charge in [-0.05, 0) is 86.8 Å². The Kier molecular flexibility index (Phi) is 10.2. The Morgan fingerprint density at radius 1 is 0.978 bits per heavy atom. The third-order valence-electron chi connectivity index (χ3n) is 8.68. The van der Waals surface area contributed by atoms with E-state index in [1.165, 1.54) is 15.5 Å². The summed E-state index contributed by atoms with van der Waals surface area (Å²) in [7, 11) is -0.512. The van der Waals surface area contributed by atoms with Gasteiger partial charge in [0.05, 0.1) is 31.3 Å². The lowest BCUT2D eigenvalue weighted by Crippen LogP contribution is -2.47. The number of nitrogens with zero attached hydrogens (tertiary/aromatic N) is 3. The summed E-state index contributed by atoms with van der Waals surface area (Å²) in [5.74, 6) is -0.485. The Hall–Kier alpha value is -3.96. The first-order chi connectivity index (χ1) is 21.4. The largest absolute Gasteiger partial charge is 0.497 e. The summed E-state index contributed by atoms with van der Waals surface area (Å²) >= 11 is 0. The Morgan fingerprint density at radius 3 is 2.26 bits per heavy atom. The Balaban J connectivity index is 1.71. The molecule has 11 heteroatoms. The van der Waals surface area contributed by atoms with E-state index in [4.69, 9.17) is 13.9 Å². The number of esters is 1. The molecule has 1 aromatic heterocycles. The van der Waals surface area contributed by atoms with E-state index in [0.29, 0.717) is 29.0 Å². The highest BCUT2D eigenvalue weighted by Crippen LogP contribution is 2.36. The summed E-state index contributed by atoms with van der Waals surface area (Å²) in [6, 6.07) is 11.8. The van der Waals surface area contributed by atoms with E-state index >= 15 is 0 Å². The number of fused-ring (bicyclic) bond motifs is 1. The fraction of sp³-hybridized carbons (Fsp3) is 0.486. The number of carbonyl (C=O) groups excluding carboxylic acids is 3. The normalized spacial score (nSPS) is 16.5. The van der Waals surface area contributed by atoms with Crippen molar-refractivity contribution in [1.29, 1.82) is 0 Å². The van der Waals surface area contributed by atoms with E-state index in [1.807, 2.05) is 18.2 Å². The van der Waals surface area contributed by atoms with Gasteiger partial charge in [-0.2, -0.15) is 0 Å². The van der Waals surface area contributed by atoms with Gasteiger partial charge >= 0.3 is 11.7 Å². The Labute approximate surface area is 272 Å². The molecule has 2 heterocycles. The lowest BCUT2D eigenvalue weighted by molar-refractivity contribution is -0.152. The molecular weight excluding hydrogens is 602 g/mol. The number of benzene rings is 2. The lowest BCUT2D eigenvalue weighted by Gasteiger charge is -2.36. The van der Waals surface area contributed by atoms with Crippen molar-refractivity contribution in [3.63, 3.8) is 0 Å². The van der Waals surface area contributed by atoms with Crippen molar-refractivity contribution >= 4 is 43.2 Å². The summed E-state index contributed by atoms with van der Waals surface area (Å²) in [5, 5.41) is -0.0000140. The molecule has 1 saturated heterocycles. The molecule has 248 valence electrons. The van der Waals surface area contributed by atoms with Crippen LogP contribution in [0.5, 0.6) is 5.75 Å². The summed E-state index contributed by atoms with van der Waals surface area (Å²) in [6.45, 7) is 16.9. The number of carbonyl (C=O) groups is 3. The van der Waals surface area contributed by atoms with Gasteiger partial charge in [0, 0.05) is 19.0 Å².